The van der Waals surface area contributed by atoms with Crippen molar-refractivity contribution in [3.63, 3.8) is 0 Å². The average molecular weight is 334 g/mol. The molecule has 106 valence electrons. The zero-order chi connectivity index (χ0) is 14.5. The van der Waals surface area contributed by atoms with Crippen molar-refractivity contribution < 1.29 is 0 Å². The molecule has 1 aromatic carbocycles. The van der Waals surface area contributed by atoms with Crippen LogP contribution in [0.1, 0.15) is 36.1 Å². The fraction of sp³-hybridized carbons (Fsp3) is 0.312. The maximum atomic E-state index is 6.11. The number of nitrogens with two attached hydrogens (primary N) is 1. The monoisotopic (exact) mass is 333 g/mol. The Balaban J connectivity index is 2.41. The fourth-order valence-corrected chi connectivity index (χ4v) is 2.54. The molecule has 3 nitrogen and oxygen atoms in total. The Morgan fingerprint density at radius 3 is 2.80 bits per heavy atom. The summed E-state index contributed by atoms with van der Waals surface area (Å²) >= 11 is 3.60. The number of rotatable bonds is 5. The number of pyridine rings is 1. The highest BCUT2D eigenvalue weighted by molar-refractivity contribution is 9.10. The second-order valence-corrected chi connectivity index (χ2v) is 5.75. The minimum absolute atomic E-state index is 0.0700. The first-order valence-corrected chi connectivity index (χ1v) is 7.61. The van der Waals surface area contributed by atoms with Gasteiger partial charge in [-0.3, -0.25) is 4.98 Å². The number of benzene rings is 1. The molecule has 0 aliphatic rings. The van der Waals surface area contributed by atoms with Crippen LogP contribution >= 0.6 is 15.9 Å². The van der Waals surface area contributed by atoms with Crippen LogP contribution in [0.4, 0.5) is 5.69 Å². The highest BCUT2D eigenvalue weighted by Gasteiger charge is 2.16. The molecule has 0 saturated heterocycles. The third-order valence-electron chi connectivity index (χ3n) is 3.33. The molecule has 0 bridgehead atoms. The number of anilines is 1. The molecular weight excluding hydrogens is 314 g/mol. The zero-order valence-corrected chi connectivity index (χ0v) is 13.4. The van der Waals surface area contributed by atoms with Gasteiger partial charge in [0.25, 0.3) is 0 Å². The molecule has 1 heterocycles. The van der Waals surface area contributed by atoms with Gasteiger partial charge in [0, 0.05) is 28.1 Å². The van der Waals surface area contributed by atoms with Gasteiger partial charge in [-0.25, -0.2) is 0 Å². The Kier molecular flexibility index (Phi) is 5.15. The van der Waals surface area contributed by atoms with Gasteiger partial charge in [-0.05, 0) is 43.1 Å². The molecule has 1 aromatic heterocycles. The van der Waals surface area contributed by atoms with Crippen LogP contribution in [0.25, 0.3) is 0 Å². The van der Waals surface area contributed by atoms with Crippen molar-refractivity contribution in [1.82, 2.24) is 10.3 Å². The lowest BCUT2D eigenvalue weighted by molar-refractivity contribution is 0.598. The SMILES string of the molecule is CCCNC(c1ccc(C)c(Br)c1)c1cnccc1N. The van der Waals surface area contributed by atoms with Gasteiger partial charge in [0.2, 0.25) is 0 Å². The van der Waals surface area contributed by atoms with E-state index in [9.17, 15) is 0 Å². The molecule has 1 unspecified atom stereocenters. The summed E-state index contributed by atoms with van der Waals surface area (Å²) in [5.41, 5.74) is 10.3. The largest absolute Gasteiger partial charge is 0.398 e. The Hall–Kier alpha value is -1.39. The van der Waals surface area contributed by atoms with Crippen LogP contribution in [0.2, 0.25) is 0 Å². The smallest absolute Gasteiger partial charge is 0.0612 e. The topological polar surface area (TPSA) is 50.9 Å². The van der Waals surface area contributed by atoms with Crippen LogP contribution in [0.5, 0.6) is 0 Å². The van der Waals surface area contributed by atoms with Crippen LogP contribution in [-0.4, -0.2) is 11.5 Å². The normalized spacial score (nSPS) is 12.3. The summed E-state index contributed by atoms with van der Waals surface area (Å²) in [6.45, 7) is 5.17. The van der Waals surface area contributed by atoms with Crippen LogP contribution in [0.3, 0.4) is 0 Å². The summed E-state index contributed by atoms with van der Waals surface area (Å²) in [6.07, 6.45) is 4.64. The van der Waals surface area contributed by atoms with Gasteiger partial charge in [-0.15, -0.1) is 0 Å². The first-order chi connectivity index (χ1) is 9.63. The molecule has 0 aliphatic carbocycles. The molecule has 0 saturated carbocycles. The molecule has 0 spiro atoms. The molecular formula is C16H20BrN3. The highest BCUT2D eigenvalue weighted by Crippen LogP contribution is 2.29. The molecule has 2 rings (SSSR count). The van der Waals surface area contributed by atoms with Gasteiger partial charge >= 0.3 is 0 Å². The number of hydrogen-bond acceptors (Lipinski definition) is 3. The third kappa shape index (κ3) is 3.38. The van der Waals surface area contributed by atoms with E-state index in [0.717, 1.165) is 28.7 Å². The number of halogens is 1. The predicted octanol–water partition coefficient (Wildman–Crippen LogP) is 3.82. The lowest BCUT2D eigenvalue weighted by Gasteiger charge is -2.21. The Bertz CT molecular complexity index is 584. The number of aromatic nitrogens is 1. The molecule has 0 fully saturated rings. The Morgan fingerprint density at radius 1 is 1.35 bits per heavy atom. The number of hydrogen-bond donors (Lipinski definition) is 2. The van der Waals surface area contributed by atoms with E-state index < -0.39 is 0 Å². The van der Waals surface area contributed by atoms with E-state index in [-0.39, 0.29) is 6.04 Å². The quantitative estimate of drug-likeness (QED) is 0.874. The summed E-state index contributed by atoms with van der Waals surface area (Å²) in [6, 6.07) is 8.32. The molecule has 0 aliphatic heterocycles. The lowest BCUT2D eigenvalue weighted by Crippen LogP contribution is -2.24. The summed E-state index contributed by atoms with van der Waals surface area (Å²) in [5, 5.41) is 3.55. The van der Waals surface area contributed by atoms with Gasteiger partial charge in [-0.1, -0.05) is 35.0 Å². The first-order valence-electron chi connectivity index (χ1n) is 6.82. The van der Waals surface area contributed by atoms with E-state index in [1.54, 1.807) is 6.20 Å². The van der Waals surface area contributed by atoms with E-state index in [0.29, 0.717) is 0 Å². The second-order valence-electron chi connectivity index (χ2n) is 4.90. The van der Waals surface area contributed by atoms with Crippen molar-refractivity contribution in [2.75, 3.05) is 12.3 Å². The third-order valence-corrected chi connectivity index (χ3v) is 4.18. The maximum absolute atomic E-state index is 6.11. The van der Waals surface area contributed by atoms with Crippen LogP contribution < -0.4 is 11.1 Å². The molecule has 1 atom stereocenters. The van der Waals surface area contributed by atoms with Crippen molar-refractivity contribution in [2.24, 2.45) is 0 Å². The number of nitrogens with one attached hydrogen (secondary N) is 1. The van der Waals surface area contributed by atoms with Crippen LogP contribution in [-0.2, 0) is 0 Å². The number of aryl methyl sites for hydroxylation is 1. The van der Waals surface area contributed by atoms with Crippen molar-refractivity contribution in [3.8, 4) is 0 Å². The van der Waals surface area contributed by atoms with E-state index in [1.165, 1.54) is 11.1 Å². The van der Waals surface area contributed by atoms with Crippen molar-refractivity contribution in [1.29, 1.82) is 0 Å². The Morgan fingerprint density at radius 2 is 2.15 bits per heavy atom. The Labute approximate surface area is 128 Å². The van der Waals surface area contributed by atoms with Crippen LogP contribution in [0, 0.1) is 6.92 Å². The van der Waals surface area contributed by atoms with Gasteiger partial charge in [0.1, 0.15) is 0 Å². The van der Waals surface area contributed by atoms with E-state index in [4.69, 9.17) is 5.73 Å². The van der Waals surface area contributed by atoms with Gasteiger partial charge in [0.15, 0.2) is 0 Å². The molecule has 0 radical (unpaired) electrons. The standard InChI is InChI=1S/C16H20BrN3/c1-3-7-20-16(13-10-19-8-6-15(13)18)12-5-4-11(2)14(17)9-12/h4-6,8-10,16,20H,3,7H2,1-2H3,(H2,18,19). The molecule has 4 heteroatoms. The molecule has 2 aromatic rings. The summed E-state index contributed by atoms with van der Waals surface area (Å²) in [5.74, 6) is 0. The molecule has 3 N–H and O–H groups in total. The average Bonchev–Trinajstić information content (AvgIpc) is 2.44. The fourth-order valence-electron chi connectivity index (χ4n) is 2.14. The van der Waals surface area contributed by atoms with Gasteiger partial charge in [0.05, 0.1) is 6.04 Å². The second kappa shape index (κ2) is 6.86. The summed E-state index contributed by atoms with van der Waals surface area (Å²) in [4.78, 5) is 4.21. The lowest BCUT2D eigenvalue weighted by atomic mass is 9.98. The first kappa shape index (κ1) is 15.0. The highest BCUT2D eigenvalue weighted by atomic mass is 79.9. The minimum atomic E-state index is 0.0700. The summed E-state index contributed by atoms with van der Waals surface area (Å²) < 4.78 is 1.11. The van der Waals surface area contributed by atoms with E-state index in [1.807, 2.05) is 12.3 Å². The number of nitrogen functional groups attached to an aromatic ring is 1. The minimum Gasteiger partial charge on any atom is -0.398 e. The predicted molar refractivity (Wildman–Crippen MR) is 87.7 cm³/mol. The maximum Gasteiger partial charge on any atom is 0.0612 e. The van der Waals surface area contributed by atoms with Crippen molar-refractivity contribution >= 4 is 21.6 Å². The van der Waals surface area contributed by atoms with Crippen LogP contribution in [0.15, 0.2) is 41.1 Å². The molecule has 20 heavy (non-hydrogen) atoms. The zero-order valence-electron chi connectivity index (χ0n) is 11.9. The summed E-state index contributed by atoms with van der Waals surface area (Å²) in [7, 11) is 0. The number of nitrogens with zero attached hydrogens (tertiary/aromatic N) is 1. The van der Waals surface area contributed by atoms with Gasteiger partial charge in [-0.2, -0.15) is 0 Å². The van der Waals surface area contributed by atoms with E-state index in [2.05, 4.69) is 58.3 Å². The van der Waals surface area contributed by atoms with Crippen molar-refractivity contribution in [3.05, 3.63) is 57.8 Å². The molecule has 0 amide bonds. The van der Waals surface area contributed by atoms with Gasteiger partial charge < -0.3 is 11.1 Å². The van der Waals surface area contributed by atoms with Crippen molar-refractivity contribution in [2.45, 2.75) is 26.3 Å². The van der Waals surface area contributed by atoms with E-state index >= 15 is 0 Å².